The fourth-order valence-electron chi connectivity index (χ4n) is 2.61. The van der Waals surface area contributed by atoms with Crippen molar-refractivity contribution in [3.05, 3.63) is 60.4 Å². The van der Waals surface area contributed by atoms with E-state index in [-0.39, 0.29) is 10.8 Å². The molecule has 0 bridgehead atoms. The van der Waals surface area contributed by atoms with E-state index in [1.165, 1.54) is 22.5 Å². The quantitative estimate of drug-likeness (QED) is 0.834. The number of carbonyl (C=O) groups excluding carboxylic acids is 1. The van der Waals surface area contributed by atoms with Gasteiger partial charge in [-0.2, -0.15) is 4.31 Å². The monoisotopic (exact) mass is 357 g/mol. The molecular weight excluding hydrogens is 338 g/mol. The highest BCUT2D eigenvalue weighted by Crippen LogP contribution is 2.22. The first kappa shape index (κ1) is 17.3. The molecule has 0 aliphatic carbocycles. The van der Waals surface area contributed by atoms with E-state index in [2.05, 4.69) is 10.3 Å². The Kier molecular flexibility index (Phi) is 5.25. The molecule has 1 aliphatic heterocycles. The molecule has 2 heterocycles. The molecule has 0 radical (unpaired) electrons. The molecule has 3 rings (SSSR count). The smallest absolute Gasteiger partial charge is 0.248 e. The molecule has 130 valence electrons. The Labute approximate surface area is 147 Å². The van der Waals surface area contributed by atoms with E-state index < -0.39 is 10.0 Å². The van der Waals surface area contributed by atoms with Crippen LogP contribution in [0, 0.1) is 0 Å². The molecule has 1 aliphatic rings. The third-order valence-electron chi connectivity index (χ3n) is 3.92. The van der Waals surface area contributed by atoms with Crippen LogP contribution in [0.4, 0.5) is 5.69 Å². The van der Waals surface area contributed by atoms with Crippen molar-refractivity contribution in [1.82, 2.24) is 9.29 Å². The van der Waals surface area contributed by atoms with Crippen LogP contribution < -0.4 is 5.32 Å². The number of anilines is 1. The Morgan fingerprint density at radius 1 is 1.08 bits per heavy atom. The van der Waals surface area contributed by atoms with Crippen LogP contribution in [0.2, 0.25) is 0 Å². The van der Waals surface area contributed by atoms with Gasteiger partial charge in [0.05, 0.1) is 10.6 Å². The van der Waals surface area contributed by atoms with Crippen LogP contribution in [-0.2, 0) is 14.8 Å². The van der Waals surface area contributed by atoms with E-state index in [0.717, 1.165) is 12.8 Å². The van der Waals surface area contributed by atoms with E-state index in [1.807, 2.05) is 6.07 Å². The summed E-state index contributed by atoms with van der Waals surface area (Å²) in [6.07, 6.45) is 6.45. The van der Waals surface area contributed by atoms with Crippen molar-refractivity contribution in [3.8, 4) is 0 Å². The summed E-state index contributed by atoms with van der Waals surface area (Å²) in [4.78, 5) is 16.3. The van der Waals surface area contributed by atoms with Crippen molar-refractivity contribution in [3.63, 3.8) is 0 Å². The number of benzene rings is 1. The molecule has 1 saturated heterocycles. The van der Waals surface area contributed by atoms with E-state index >= 15 is 0 Å². The standard InChI is InChI=1S/C18H19N3O3S/c22-18(11-8-15-5-1-2-12-19-15)20-16-6-9-17(10-7-16)25(23,24)21-13-3-4-14-21/h1-2,5-12H,3-4,13-14H2,(H,20,22)/b11-8-. The Hall–Kier alpha value is -2.51. The van der Waals surface area contributed by atoms with Gasteiger partial charge in [0.25, 0.3) is 0 Å². The van der Waals surface area contributed by atoms with Crippen LogP contribution in [0.1, 0.15) is 18.5 Å². The maximum absolute atomic E-state index is 12.4. The van der Waals surface area contributed by atoms with E-state index in [4.69, 9.17) is 0 Å². The van der Waals surface area contributed by atoms with E-state index in [1.54, 1.807) is 36.5 Å². The summed E-state index contributed by atoms with van der Waals surface area (Å²) in [6.45, 7) is 1.14. The van der Waals surface area contributed by atoms with Gasteiger partial charge in [-0.05, 0) is 55.3 Å². The van der Waals surface area contributed by atoms with Gasteiger partial charge in [-0.1, -0.05) is 6.07 Å². The van der Waals surface area contributed by atoms with Gasteiger partial charge in [0.15, 0.2) is 0 Å². The largest absolute Gasteiger partial charge is 0.323 e. The zero-order chi connectivity index (χ0) is 17.7. The first-order chi connectivity index (χ1) is 12.1. The number of aromatic nitrogens is 1. The molecule has 0 spiro atoms. The summed E-state index contributed by atoms with van der Waals surface area (Å²) in [5, 5.41) is 2.70. The van der Waals surface area contributed by atoms with Gasteiger partial charge >= 0.3 is 0 Å². The van der Waals surface area contributed by atoms with Gasteiger partial charge in [-0.15, -0.1) is 0 Å². The minimum Gasteiger partial charge on any atom is -0.323 e. The summed E-state index contributed by atoms with van der Waals surface area (Å²) < 4.78 is 26.4. The highest BCUT2D eigenvalue weighted by molar-refractivity contribution is 7.89. The van der Waals surface area contributed by atoms with Gasteiger partial charge < -0.3 is 5.32 Å². The zero-order valence-corrected chi connectivity index (χ0v) is 14.4. The maximum atomic E-state index is 12.4. The van der Waals surface area contributed by atoms with Crippen molar-refractivity contribution in [1.29, 1.82) is 0 Å². The minimum absolute atomic E-state index is 0.247. The molecule has 0 atom stereocenters. The lowest BCUT2D eigenvalue weighted by molar-refractivity contribution is -0.111. The summed E-state index contributed by atoms with van der Waals surface area (Å²) in [5.74, 6) is -0.305. The van der Waals surface area contributed by atoms with Gasteiger partial charge in [-0.25, -0.2) is 8.42 Å². The minimum atomic E-state index is -3.43. The van der Waals surface area contributed by atoms with Crippen LogP contribution in [0.15, 0.2) is 59.6 Å². The van der Waals surface area contributed by atoms with E-state index in [0.29, 0.717) is 24.5 Å². The maximum Gasteiger partial charge on any atom is 0.248 e. The molecule has 1 fully saturated rings. The van der Waals surface area contributed by atoms with Crippen LogP contribution in [0.5, 0.6) is 0 Å². The van der Waals surface area contributed by atoms with Crippen molar-refractivity contribution in [2.24, 2.45) is 0 Å². The Morgan fingerprint density at radius 2 is 1.80 bits per heavy atom. The SMILES string of the molecule is O=C(/C=C\c1ccccn1)Nc1ccc(S(=O)(=O)N2CCCC2)cc1. The van der Waals surface area contributed by atoms with Crippen LogP contribution >= 0.6 is 0 Å². The Morgan fingerprint density at radius 3 is 2.44 bits per heavy atom. The average Bonchev–Trinajstić information content (AvgIpc) is 3.17. The third kappa shape index (κ3) is 4.32. The van der Waals surface area contributed by atoms with Crippen LogP contribution in [-0.4, -0.2) is 36.7 Å². The molecule has 1 amide bonds. The number of hydrogen-bond acceptors (Lipinski definition) is 4. The van der Waals surface area contributed by atoms with Gasteiger partial charge in [0, 0.05) is 31.0 Å². The second-order valence-corrected chi connectivity index (χ2v) is 7.65. The first-order valence-electron chi connectivity index (χ1n) is 8.06. The van der Waals surface area contributed by atoms with E-state index in [9.17, 15) is 13.2 Å². The molecule has 1 N–H and O–H groups in total. The Bertz CT molecular complexity index is 856. The summed E-state index contributed by atoms with van der Waals surface area (Å²) in [5.41, 5.74) is 1.22. The fourth-order valence-corrected chi connectivity index (χ4v) is 4.12. The first-order valence-corrected chi connectivity index (χ1v) is 9.50. The number of amides is 1. The second-order valence-electron chi connectivity index (χ2n) is 5.71. The lowest BCUT2D eigenvalue weighted by Gasteiger charge is -2.15. The number of nitrogens with one attached hydrogen (secondary N) is 1. The highest BCUT2D eigenvalue weighted by atomic mass is 32.2. The highest BCUT2D eigenvalue weighted by Gasteiger charge is 2.26. The molecule has 0 saturated carbocycles. The lowest BCUT2D eigenvalue weighted by atomic mass is 10.3. The molecule has 7 heteroatoms. The number of carbonyl (C=O) groups is 1. The summed E-state index contributed by atoms with van der Waals surface area (Å²) in [7, 11) is -3.43. The molecule has 1 aromatic heterocycles. The van der Waals surface area contributed by atoms with Crippen molar-refractivity contribution < 1.29 is 13.2 Å². The topological polar surface area (TPSA) is 79.4 Å². The third-order valence-corrected chi connectivity index (χ3v) is 5.83. The molecule has 25 heavy (non-hydrogen) atoms. The second kappa shape index (κ2) is 7.58. The van der Waals surface area contributed by atoms with Crippen LogP contribution in [0.3, 0.4) is 0 Å². The average molecular weight is 357 g/mol. The summed E-state index contributed by atoms with van der Waals surface area (Å²) in [6, 6.07) is 11.7. The zero-order valence-electron chi connectivity index (χ0n) is 13.6. The van der Waals surface area contributed by atoms with Gasteiger partial charge in [0.1, 0.15) is 0 Å². The van der Waals surface area contributed by atoms with Crippen molar-refractivity contribution >= 4 is 27.7 Å². The number of sulfonamides is 1. The number of pyridine rings is 1. The molecule has 1 aromatic carbocycles. The number of hydrogen-bond donors (Lipinski definition) is 1. The van der Waals surface area contributed by atoms with Crippen molar-refractivity contribution in [2.45, 2.75) is 17.7 Å². The predicted octanol–water partition coefficient (Wildman–Crippen LogP) is 2.52. The molecular formula is C18H19N3O3S. The predicted molar refractivity (Wildman–Crippen MR) is 96.3 cm³/mol. The Balaban J connectivity index is 1.64. The normalized spacial score (nSPS) is 15.5. The summed E-state index contributed by atoms with van der Waals surface area (Å²) >= 11 is 0. The lowest BCUT2D eigenvalue weighted by Crippen LogP contribution is -2.27. The fraction of sp³-hybridized carbons (Fsp3) is 0.222. The van der Waals surface area contributed by atoms with Crippen LogP contribution in [0.25, 0.3) is 6.08 Å². The van der Waals surface area contributed by atoms with Gasteiger partial charge in [0.2, 0.25) is 15.9 Å². The molecule has 6 nitrogen and oxygen atoms in total. The van der Waals surface area contributed by atoms with Crippen molar-refractivity contribution in [2.75, 3.05) is 18.4 Å². The molecule has 2 aromatic rings. The molecule has 0 unspecified atom stereocenters. The van der Waals surface area contributed by atoms with Gasteiger partial charge in [-0.3, -0.25) is 9.78 Å². The number of rotatable bonds is 5. The number of nitrogens with zero attached hydrogens (tertiary/aromatic N) is 2.